The number of H-pyrrole nitrogens is 1. The summed E-state index contributed by atoms with van der Waals surface area (Å²) in [5.41, 5.74) is 6.50. The molecule has 4 nitrogen and oxygen atoms in total. The molecule has 0 saturated heterocycles. The molecule has 116 valence electrons. The highest BCUT2D eigenvalue weighted by atomic mass is 35.5. The van der Waals surface area contributed by atoms with Gasteiger partial charge in [-0.3, -0.25) is 5.10 Å². The second kappa shape index (κ2) is 4.91. The molecular formula is C18H16ClN3O. The Morgan fingerprint density at radius 2 is 2.04 bits per heavy atom. The molecule has 1 aromatic carbocycles. The number of aromatic amines is 1. The van der Waals surface area contributed by atoms with E-state index in [1.54, 1.807) is 26.1 Å². The number of hydrogen-bond donors (Lipinski definition) is 2. The first-order chi connectivity index (χ1) is 10.9. The van der Waals surface area contributed by atoms with Gasteiger partial charge in [-0.05, 0) is 37.1 Å². The molecule has 1 aliphatic rings. The fraction of sp³-hybridized carbons (Fsp3) is 0.222. The van der Waals surface area contributed by atoms with E-state index >= 15 is 0 Å². The molecular weight excluding hydrogens is 310 g/mol. The Hall–Kier alpha value is -2.17. The first-order valence-electron chi connectivity index (χ1n) is 7.49. The Morgan fingerprint density at radius 3 is 2.74 bits per heavy atom. The zero-order valence-corrected chi connectivity index (χ0v) is 13.6. The second-order valence-electron chi connectivity index (χ2n) is 6.40. The molecule has 23 heavy (non-hydrogen) atoms. The lowest BCUT2D eigenvalue weighted by molar-refractivity contribution is 0.0785. The third kappa shape index (κ3) is 2.35. The summed E-state index contributed by atoms with van der Waals surface area (Å²) in [5, 5.41) is 18.3. The van der Waals surface area contributed by atoms with Crippen molar-refractivity contribution in [2.45, 2.75) is 25.9 Å². The third-order valence-corrected chi connectivity index (χ3v) is 4.54. The molecule has 1 aliphatic carbocycles. The minimum Gasteiger partial charge on any atom is -0.386 e. The minimum atomic E-state index is -0.841. The van der Waals surface area contributed by atoms with Crippen LogP contribution in [0.5, 0.6) is 0 Å². The molecule has 2 heterocycles. The van der Waals surface area contributed by atoms with E-state index in [0.717, 1.165) is 40.1 Å². The highest BCUT2D eigenvalue weighted by molar-refractivity contribution is 6.29. The molecule has 0 aliphatic heterocycles. The lowest BCUT2D eigenvalue weighted by Gasteiger charge is -2.18. The van der Waals surface area contributed by atoms with Gasteiger partial charge in [-0.2, -0.15) is 5.10 Å². The van der Waals surface area contributed by atoms with Crippen LogP contribution in [0.3, 0.4) is 0 Å². The number of hydrogen-bond acceptors (Lipinski definition) is 3. The lowest BCUT2D eigenvalue weighted by atomic mass is 9.94. The van der Waals surface area contributed by atoms with E-state index in [9.17, 15) is 5.11 Å². The molecule has 0 unspecified atom stereocenters. The van der Waals surface area contributed by atoms with Crippen molar-refractivity contribution in [3.63, 3.8) is 0 Å². The highest BCUT2D eigenvalue weighted by Gasteiger charge is 2.27. The van der Waals surface area contributed by atoms with Gasteiger partial charge in [-0.15, -0.1) is 0 Å². The molecule has 4 rings (SSSR count). The van der Waals surface area contributed by atoms with Gasteiger partial charge in [0.1, 0.15) is 5.15 Å². The fourth-order valence-corrected chi connectivity index (χ4v) is 3.18. The third-order valence-electron chi connectivity index (χ3n) is 4.32. The van der Waals surface area contributed by atoms with Crippen LogP contribution in [-0.4, -0.2) is 20.3 Å². The molecule has 0 atom stereocenters. The topological polar surface area (TPSA) is 61.8 Å². The van der Waals surface area contributed by atoms with Gasteiger partial charge in [0.2, 0.25) is 0 Å². The largest absolute Gasteiger partial charge is 0.386 e. The van der Waals surface area contributed by atoms with Crippen LogP contribution in [0.1, 0.15) is 30.5 Å². The number of aromatic nitrogens is 3. The lowest BCUT2D eigenvalue weighted by Crippen LogP contribution is -2.15. The van der Waals surface area contributed by atoms with Gasteiger partial charge in [-0.1, -0.05) is 29.8 Å². The number of halogens is 1. The average molecular weight is 326 g/mol. The summed E-state index contributed by atoms with van der Waals surface area (Å²) in [4.78, 5) is 4.13. The van der Waals surface area contributed by atoms with Crippen LogP contribution in [0.2, 0.25) is 5.15 Å². The van der Waals surface area contributed by atoms with E-state index in [1.165, 1.54) is 5.56 Å². The normalized spacial score (nSPS) is 13.0. The van der Waals surface area contributed by atoms with E-state index < -0.39 is 5.60 Å². The smallest absolute Gasteiger partial charge is 0.129 e. The molecule has 0 amide bonds. The van der Waals surface area contributed by atoms with Crippen LogP contribution in [0.25, 0.3) is 22.5 Å². The van der Waals surface area contributed by atoms with Crippen molar-refractivity contribution in [3.05, 3.63) is 58.4 Å². The van der Waals surface area contributed by atoms with Gasteiger partial charge in [-0.25, -0.2) is 4.98 Å². The number of fused-ring (bicyclic) bond motifs is 3. The van der Waals surface area contributed by atoms with Crippen LogP contribution < -0.4 is 0 Å². The first kappa shape index (κ1) is 14.4. The molecule has 0 spiro atoms. The Bertz CT molecular complexity index is 892. The van der Waals surface area contributed by atoms with E-state index in [0.29, 0.717) is 5.15 Å². The number of nitrogens with one attached hydrogen (secondary N) is 1. The van der Waals surface area contributed by atoms with Crippen LogP contribution >= 0.6 is 11.6 Å². The maximum Gasteiger partial charge on any atom is 0.129 e. The molecule has 5 heteroatoms. The SMILES string of the molecule is CC(C)(O)c1ccc2c(c1)Cc1c(-c3ccc(Cl)nc3)n[nH]c1-2. The Labute approximate surface area is 139 Å². The zero-order valence-electron chi connectivity index (χ0n) is 12.9. The molecule has 2 N–H and O–H groups in total. The summed E-state index contributed by atoms with van der Waals surface area (Å²) in [6.45, 7) is 3.60. The van der Waals surface area contributed by atoms with Gasteiger partial charge < -0.3 is 5.11 Å². The van der Waals surface area contributed by atoms with Crippen molar-refractivity contribution >= 4 is 11.6 Å². The summed E-state index contributed by atoms with van der Waals surface area (Å²) in [7, 11) is 0. The predicted octanol–water partition coefficient (Wildman–Crippen LogP) is 3.92. The number of rotatable bonds is 2. The summed E-state index contributed by atoms with van der Waals surface area (Å²) in [6, 6.07) is 9.80. The van der Waals surface area contributed by atoms with Crippen molar-refractivity contribution in [1.29, 1.82) is 0 Å². The standard InChI is InChI=1S/C18H16ClN3O/c1-18(2,23)12-4-5-13-11(7-12)8-14-16(21-22-17(13)14)10-3-6-15(19)20-9-10/h3-7,9,23H,8H2,1-2H3,(H,21,22). The molecule has 3 aromatic rings. The quantitative estimate of drug-likeness (QED) is 0.549. The van der Waals surface area contributed by atoms with Gasteiger partial charge in [0.25, 0.3) is 0 Å². The van der Waals surface area contributed by atoms with E-state index in [4.69, 9.17) is 11.6 Å². The molecule has 0 saturated carbocycles. The number of pyridine rings is 1. The highest BCUT2D eigenvalue weighted by Crippen LogP contribution is 2.41. The van der Waals surface area contributed by atoms with Crippen LogP contribution in [0.15, 0.2) is 36.5 Å². The second-order valence-corrected chi connectivity index (χ2v) is 6.79. The van der Waals surface area contributed by atoms with Crippen molar-refractivity contribution in [1.82, 2.24) is 15.2 Å². The van der Waals surface area contributed by atoms with Crippen LogP contribution in [0, 0.1) is 0 Å². The van der Waals surface area contributed by atoms with Crippen LogP contribution in [-0.2, 0) is 12.0 Å². The van der Waals surface area contributed by atoms with Crippen molar-refractivity contribution in [3.8, 4) is 22.5 Å². The molecule has 0 bridgehead atoms. The van der Waals surface area contributed by atoms with Crippen molar-refractivity contribution in [2.75, 3.05) is 0 Å². The van der Waals surface area contributed by atoms with E-state index in [1.807, 2.05) is 12.1 Å². The van der Waals surface area contributed by atoms with Gasteiger partial charge >= 0.3 is 0 Å². The molecule has 0 fully saturated rings. The Balaban J connectivity index is 1.78. The number of aliphatic hydroxyl groups is 1. The first-order valence-corrected chi connectivity index (χ1v) is 7.86. The maximum atomic E-state index is 10.2. The summed E-state index contributed by atoms with van der Waals surface area (Å²) < 4.78 is 0. The van der Waals surface area contributed by atoms with Crippen molar-refractivity contribution in [2.24, 2.45) is 0 Å². The van der Waals surface area contributed by atoms with Crippen molar-refractivity contribution < 1.29 is 5.11 Å². The number of nitrogens with zero attached hydrogens (tertiary/aromatic N) is 2. The Kier molecular flexibility index (Phi) is 3.08. The molecule has 0 radical (unpaired) electrons. The van der Waals surface area contributed by atoms with Gasteiger partial charge in [0, 0.05) is 29.3 Å². The fourth-order valence-electron chi connectivity index (χ4n) is 3.07. The van der Waals surface area contributed by atoms with Gasteiger partial charge in [0.15, 0.2) is 0 Å². The number of benzene rings is 1. The van der Waals surface area contributed by atoms with Crippen LogP contribution in [0.4, 0.5) is 0 Å². The van der Waals surface area contributed by atoms with E-state index in [-0.39, 0.29) is 0 Å². The minimum absolute atomic E-state index is 0.471. The Morgan fingerprint density at radius 1 is 1.22 bits per heavy atom. The molecule has 2 aromatic heterocycles. The summed E-state index contributed by atoms with van der Waals surface area (Å²) in [5.74, 6) is 0. The zero-order chi connectivity index (χ0) is 16.2. The predicted molar refractivity (Wildman–Crippen MR) is 90.3 cm³/mol. The van der Waals surface area contributed by atoms with Gasteiger partial charge in [0.05, 0.1) is 17.0 Å². The summed E-state index contributed by atoms with van der Waals surface area (Å²) in [6.07, 6.45) is 2.53. The average Bonchev–Trinajstić information content (AvgIpc) is 3.05. The monoisotopic (exact) mass is 325 g/mol. The summed E-state index contributed by atoms with van der Waals surface area (Å²) >= 11 is 5.86. The van der Waals surface area contributed by atoms with E-state index in [2.05, 4.69) is 27.3 Å². The maximum absolute atomic E-state index is 10.2.